The Bertz CT molecular complexity index is 1290. The minimum Gasteiger partial charge on any atom is -0.347 e. The van der Waals surface area contributed by atoms with Crippen LogP contribution in [0.5, 0.6) is 0 Å². The number of hydrogen-bond acceptors (Lipinski definition) is 5. The lowest BCUT2D eigenvalue weighted by molar-refractivity contribution is -0.145. The van der Waals surface area contributed by atoms with E-state index in [1.54, 1.807) is 0 Å². The number of hydrogen-bond donors (Lipinski definition) is 1. The maximum atomic E-state index is 12.9. The average molecular weight is 489 g/mol. The summed E-state index contributed by atoms with van der Waals surface area (Å²) in [6, 6.07) is 9.25. The molecule has 0 atom stereocenters. The number of rotatable bonds is 5. The highest BCUT2D eigenvalue weighted by atomic mass is 32.2. The summed E-state index contributed by atoms with van der Waals surface area (Å²) in [5, 5.41) is 2.30. The molecule has 0 saturated carbocycles. The zero-order valence-corrected chi connectivity index (χ0v) is 17.1. The Labute approximate surface area is 183 Å². The van der Waals surface area contributed by atoms with Crippen LogP contribution in [-0.2, 0) is 28.7 Å². The van der Waals surface area contributed by atoms with Crippen molar-refractivity contribution in [2.24, 2.45) is 0 Å². The van der Waals surface area contributed by atoms with Gasteiger partial charge in [-0.25, -0.2) is 18.4 Å². The number of alkyl halides is 6. The van der Waals surface area contributed by atoms with Gasteiger partial charge < -0.3 is 5.32 Å². The molecule has 0 unspecified atom stereocenters. The van der Waals surface area contributed by atoms with Gasteiger partial charge in [0.2, 0.25) is 15.7 Å². The number of halogens is 6. The summed E-state index contributed by atoms with van der Waals surface area (Å²) in [6.07, 6.45) is -8.81. The van der Waals surface area contributed by atoms with E-state index in [-0.39, 0.29) is 17.0 Å². The van der Waals surface area contributed by atoms with Crippen LogP contribution in [0.15, 0.2) is 70.6 Å². The molecule has 0 radical (unpaired) electrons. The van der Waals surface area contributed by atoms with Crippen molar-refractivity contribution in [3.63, 3.8) is 0 Å². The van der Waals surface area contributed by atoms with Gasteiger partial charge in [-0.15, -0.1) is 0 Å². The van der Waals surface area contributed by atoms with Gasteiger partial charge in [-0.05, 0) is 42.0 Å². The quantitative estimate of drug-likeness (QED) is 0.541. The van der Waals surface area contributed by atoms with Crippen LogP contribution in [0.3, 0.4) is 0 Å². The smallest absolute Gasteiger partial charge is 0.347 e. The topological polar surface area (TPSA) is 89.0 Å². The Morgan fingerprint density at radius 3 is 2.15 bits per heavy atom. The normalized spacial score (nSPS) is 12.4. The van der Waals surface area contributed by atoms with Crippen molar-refractivity contribution < 1.29 is 39.6 Å². The molecule has 1 N–H and O–H groups in total. The summed E-state index contributed by atoms with van der Waals surface area (Å²) in [4.78, 5) is 17.4. The fourth-order valence-electron chi connectivity index (χ4n) is 2.69. The molecule has 0 aliphatic carbocycles. The summed E-state index contributed by atoms with van der Waals surface area (Å²) in [5.74, 6) is -2.46. The Morgan fingerprint density at radius 1 is 0.879 bits per heavy atom. The van der Waals surface area contributed by atoms with Crippen molar-refractivity contribution >= 4 is 15.7 Å². The third kappa shape index (κ3) is 5.66. The number of benzene rings is 2. The van der Waals surface area contributed by atoms with Gasteiger partial charge in [0.1, 0.15) is 5.69 Å². The molecule has 13 heteroatoms. The summed E-state index contributed by atoms with van der Waals surface area (Å²) < 4.78 is 102. The number of carbonyl (C=O) groups is 1. The molecule has 0 bridgehead atoms. The minimum atomic E-state index is -4.84. The molecular weight excluding hydrogens is 476 g/mol. The zero-order valence-electron chi connectivity index (χ0n) is 16.3. The Hall–Kier alpha value is -3.48. The first-order valence-electron chi connectivity index (χ1n) is 8.98. The second-order valence-electron chi connectivity index (χ2n) is 6.62. The first-order valence-corrected chi connectivity index (χ1v) is 10.5. The summed E-state index contributed by atoms with van der Waals surface area (Å²) in [6.45, 7) is -0.282. The highest BCUT2D eigenvalue weighted by Crippen LogP contribution is 2.32. The van der Waals surface area contributed by atoms with Gasteiger partial charge in [0.15, 0.2) is 0 Å². The summed E-state index contributed by atoms with van der Waals surface area (Å²) >= 11 is 0. The minimum absolute atomic E-state index is 0.238. The van der Waals surface area contributed by atoms with E-state index >= 15 is 0 Å². The standard InChI is InChI=1S/C20H13F6N3O3S/c21-19(22,23)13-4-2-6-15(10-13)33(31,32)14-5-1-3-12(9-14)11-28-17(30)16-7-8-27-18(29-16)20(24,25)26/h1-10H,11H2,(H,28,30). The van der Waals surface area contributed by atoms with Crippen LogP contribution >= 0.6 is 0 Å². The van der Waals surface area contributed by atoms with Crippen molar-refractivity contribution in [3.05, 3.63) is 83.4 Å². The van der Waals surface area contributed by atoms with Gasteiger partial charge in [-0.3, -0.25) is 4.79 Å². The molecule has 6 nitrogen and oxygen atoms in total. The van der Waals surface area contributed by atoms with Crippen molar-refractivity contribution in [2.75, 3.05) is 0 Å². The Balaban J connectivity index is 1.80. The number of amides is 1. The van der Waals surface area contributed by atoms with Crippen LogP contribution in [0.1, 0.15) is 27.4 Å². The van der Waals surface area contributed by atoms with E-state index in [1.807, 2.05) is 0 Å². The third-order valence-corrected chi connectivity index (χ3v) is 6.02. The molecule has 0 aliphatic heterocycles. The number of nitrogens with one attached hydrogen (secondary N) is 1. The highest BCUT2D eigenvalue weighted by Gasteiger charge is 2.35. The molecule has 1 heterocycles. The van der Waals surface area contributed by atoms with Crippen LogP contribution in [0.4, 0.5) is 26.3 Å². The Kier molecular flexibility index (Phi) is 6.45. The van der Waals surface area contributed by atoms with E-state index in [4.69, 9.17) is 0 Å². The first kappa shape index (κ1) is 24.2. The van der Waals surface area contributed by atoms with Crippen molar-refractivity contribution in [1.29, 1.82) is 0 Å². The number of aromatic nitrogens is 2. The SMILES string of the molecule is O=C(NCc1cccc(S(=O)(=O)c2cccc(C(F)(F)F)c2)c1)c1ccnc(C(F)(F)F)n1. The molecule has 1 aromatic heterocycles. The monoisotopic (exact) mass is 489 g/mol. The van der Waals surface area contributed by atoms with Gasteiger partial charge in [-0.1, -0.05) is 18.2 Å². The van der Waals surface area contributed by atoms with E-state index in [0.29, 0.717) is 6.07 Å². The van der Waals surface area contributed by atoms with Crippen LogP contribution in [0, 0.1) is 0 Å². The van der Waals surface area contributed by atoms with Gasteiger partial charge in [-0.2, -0.15) is 26.3 Å². The van der Waals surface area contributed by atoms with E-state index < -0.39 is 50.1 Å². The van der Waals surface area contributed by atoms with Crippen molar-refractivity contribution in [2.45, 2.75) is 28.7 Å². The van der Waals surface area contributed by atoms with E-state index in [9.17, 15) is 39.6 Å². The molecule has 0 saturated heterocycles. The van der Waals surface area contributed by atoms with Crippen LogP contribution < -0.4 is 5.32 Å². The van der Waals surface area contributed by atoms with Crippen LogP contribution in [-0.4, -0.2) is 24.3 Å². The number of carbonyl (C=O) groups excluding carboxylic acids is 1. The molecule has 0 spiro atoms. The summed E-state index contributed by atoms with van der Waals surface area (Å²) in [7, 11) is -4.32. The second-order valence-corrected chi connectivity index (χ2v) is 8.57. The molecule has 33 heavy (non-hydrogen) atoms. The van der Waals surface area contributed by atoms with Crippen molar-refractivity contribution in [3.8, 4) is 0 Å². The van der Waals surface area contributed by atoms with Gasteiger partial charge in [0, 0.05) is 12.7 Å². The lowest BCUT2D eigenvalue weighted by atomic mass is 10.2. The molecule has 3 aromatic rings. The van der Waals surface area contributed by atoms with Gasteiger partial charge in [0.05, 0.1) is 15.4 Å². The molecule has 0 aliphatic rings. The molecule has 1 amide bonds. The largest absolute Gasteiger partial charge is 0.451 e. The van der Waals surface area contributed by atoms with Crippen LogP contribution in [0.25, 0.3) is 0 Å². The Morgan fingerprint density at radius 2 is 1.52 bits per heavy atom. The van der Waals surface area contributed by atoms with Crippen LogP contribution in [0.2, 0.25) is 0 Å². The van der Waals surface area contributed by atoms with E-state index in [0.717, 1.165) is 36.5 Å². The van der Waals surface area contributed by atoms with Gasteiger partial charge in [0.25, 0.3) is 5.91 Å². The van der Waals surface area contributed by atoms with Crippen molar-refractivity contribution in [1.82, 2.24) is 15.3 Å². The third-order valence-electron chi connectivity index (χ3n) is 4.28. The maximum absolute atomic E-state index is 12.9. The lowest BCUT2D eigenvalue weighted by Gasteiger charge is -2.11. The zero-order chi connectivity index (χ0) is 24.4. The molecule has 3 rings (SSSR count). The van der Waals surface area contributed by atoms with E-state index in [1.165, 1.54) is 18.2 Å². The molecule has 174 valence electrons. The predicted octanol–water partition coefficient (Wildman–Crippen LogP) is 4.28. The number of sulfone groups is 1. The second kappa shape index (κ2) is 8.81. The first-order chi connectivity index (χ1) is 15.3. The maximum Gasteiger partial charge on any atom is 0.451 e. The number of nitrogens with zero attached hydrogens (tertiary/aromatic N) is 2. The molecule has 0 fully saturated rings. The average Bonchev–Trinajstić information content (AvgIpc) is 2.76. The fourth-order valence-corrected chi connectivity index (χ4v) is 4.07. The fraction of sp³-hybridized carbons (Fsp3) is 0.150. The molecule has 2 aromatic carbocycles. The summed E-state index contributed by atoms with van der Waals surface area (Å²) in [5.41, 5.74) is -1.44. The van der Waals surface area contributed by atoms with Gasteiger partial charge >= 0.3 is 12.4 Å². The molecular formula is C20H13F6N3O3S. The predicted molar refractivity (Wildman–Crippen MR) is 102 cm³/mol. The lowest BCUT2D eigenvalue weighted by Crippen LogP contribution is -2.25. The van der Waals surface area contributed by atoms with E-state index in [2.05, 4.69) is 15.3 Å². The highest BCUT2D eigenvalue weighted by molar-refractivity contribution is 7.91.